The maximum Gasteiger partial charge on any atom is 0.332 e. The number of benzene rings is 1. The molecule has 0 saturated heterocycles. The highest BCUT2D eigenvalue weighted by molar-refractivity contribution is 7.99. The lowest BCUT2D eigenvalue weighted by atomic mass is 10.2. The number of nitrogens with two attached hydrogens (primary N) is 1. The Balaban J connectivity index is 1.87. The summed E-state index contributed by atoms with van der Waals surface area (Å²) in [6.07, 6.45) is 0.645. The first kappa shape index (κ1) is 20.6. The zero-order chi connectivity index (χ0) is 21.1. The minimum atomic E-state index is -0.687. The van der Waals surface area contributed by atoms with Crippen LogP contribution in [-0.2, 0) is 20.6 Å². The number of rotatable bonds is 7. The Kier molecular flexibility index (Phi) is 6.02. The molecule has 3 aromatic rings. The van der Waals surface area contributed by atoms with Gasteiger partial charge in [-0.2, -0.15) is 0 Å². The van der Waals surface area contributed by atoms with Crippen molar-refractivity contribution in [1.82, 2.24) is 23.9 Å². The van der Waals surface area contributed by atoms with Crippen LogP contribution in [0.4, 0.5) is 5.82 Å². The molecule has 0 aliphatic carbocycles. The molecule has 0 spiro atoms. The lowest BCUT2D eigenvalue weighted by molar-refractivity contribution is 0.102. The van der Waals surface area contributed by atoms with Crippen LogP contribution in [0.25, 0.3) is 11.4 Å². The van der Waals surface area contributed by atoms with E-state index in [9.17, 15) is 14.4 Å². The van der Waals surface area contributed by atoms with E-state index in [2.05, 4.69) is 10.2 Å². The van der Waals surface area contributed by atoms with E-state index in [1.807, 2.05) is 44.3 Å². The Hall–Kier alpha value is -3.14. The second-order valence-corrected chi connectivity index (χ2v) is 7.44. The fraction of sp³-hybridized carbons (Fsp3) is 0.316. The van der Waals surface area contributed by atoms with Crippen molar-refractivity contribution in [3.05, 3.63) is 56.7 Å². The number of aromatic nitrogens is 5. The van der Waals surface area contributed by atoms with Gasteiger partial charge in [-0.3, -0.25) is 18.7 Å². The summed E-state index contributed by atoms with van der Waals surface area (Å²) < 4.78 is 3.96. The summed E-state index contributed by atoms with van der Waals surface area (Å²) in [4.78, 5) is 37.5. The summed E-state index contributed by atoms with van der Waals surface area (Å²) in [5, 5.41) is 8.85. The lowest BCUT2D eigenvalue weighted by Gasteiger charge is -2.13. The van der Waals surface area contributed by atoms with Gasteiger partial charge in [0.1, 0.15) is 11.4 Å². The van der Waals surface area contributed by atoms with Crippen molar-refractivity contribution in [3.8, 4) is 11.4 Å². The number of nitrogens with zero attached hydrogens (tertiary/aromatic N) is 5. The second-order valence-electron chi connectivity index (χ2n) is 6.50. The number of hydrogen-bond donors (Lipinski definition) is 1. The molecule has 0 aliphatic heterocycles. The molecule has 3 rings (SSSR count). The van der Waals surface area contributed by atoms with E-state index in [1.165, 1.54) is 11.6 Å². The van der Waals surface area contributed by atoms with Crippen molar-refractivity contribution >= 4 is 23.4 Å². The molecule has 0 unspecified atom stereocenters. The monoisotopic (exact) mass is 414 g/mol. The van der Waals surface area contributed by atoms with Crippen LogP contribution in [0, 0.1) is 0 Å². The molecule has 152 valence electrons. The van der Waals surface area contributed by atoms with E-state index < -0.39 is 17.0 Å². The molecule has 29 heavy (non-hydrogen) atoms. The van der Waals surface area contributed by atoms with Crippen LogP contribution < -0.4 is 17.0 Å². The second kappa shape index (κ2) is 8.48. The first-order chi connectivity index (χ1) is 13.9. The molecule has 9 nitrogen and oxygen atoms in total. The van der Waals surface area contributed by atoms with Gasteiger partial charge < -0.3 is 10.3 Å². The molecule has 0 bridgehead atoms. The molecule has 2 aromatic heterocycles. The number of Topliss-reactive ketones (excluding diaryl/α,β-unsaturated/α-hetero) is 1. The van der Waals surface area contributed by atoms with Crippen molar-refractivity contribution < 1.29 is 4.79 Å². The van der Waals surface area contributed by atoms with E-state index in [4.69, 9.17) is 5.73 Å². The number of thioether (sulfide) groups is 1. The number of carbonyl (C=O) groups is 1. The normalized spacial score (nSPS) is 11.0. The van der Waals surface area contributed by atoms with Gasteiger partial charge >= 0.3 is 5.69 Å². The Bertz CT molecular complexity index is 1160. The van der Waals surface area contributed by atoms with Crippen LogP contribution >= 0.6 is 11.8 Å². The zero-order valence-electron chi connectivity index (χ0n) is 16.5. The predicted molar refractivity (Wildman–Crippen MR) is 112 cm³/mol. The first-order valence-corrected chi connectivity index (χ1v) is 10.1. The van der Waals surface area contributed by atoms with E-state index in [1.54, 1.807) is 4.57 Å². The number of nitrogen functional groups attached to an aromatic ring is 1. The third-order valence-electron chi connectivity index (χ3n) is 4.51. The maximum absolute atomic E-state index is 12.8. The third-order valence-corrected chi connectivity index (χ3v) is 5.53. The van der Waals surface area contributed by atoms with Gasteiger partial charge in [-0.15, -0.1) is 10.2 Å². The Morgan fingerprint density at radius 2 is 1.79 bits per heavy atom. The average molecular weight is 414 g/mol. The summed E-state index contributed by atoms with van der Waals surface area (Å²) in [5.74, 6) is 0.0769. The Labute approximate surface area is 171 Å². The summed E-state index contributed by atoms with van der Waals surface area (Å²) in [6, 6.07) is 9.57. The molecule has 0 atom stereocenters. The van der Waals surface area contributed by atoms with Crippen molar-refractivity contribution in [2.45, 2.75) is 25.0 Å². The number of hydrogen-bond acceptors (Lipinski definition) is 7. The molecule has 2 N–H and O–H groups in total. The van der Waals surface area contributed by atoms with Gasteiger partial charge in [-0.05, 0) is 6.42 Å². The van der Waals surface area contributed by atoms with Gasteiger partial charge in [-0.25, -0.2) is 4.79 Å². The molecular formula is C19H22N6O3S. The van der Waals surface area contributed by atoms with E-state index in [-0.39, 0.29) is 17.1 Å². The van der Waals surface area contributed by atoms with Gasteiger partial charge in [0.2, 0.25) is 0 Å². The molecule has 1 aromatic carbocycles. The highest BCUT2D eigenvalue weighted by Crippen LogP contribution is 2.23. The fourth-order valence-electron chi connectivity index (χ4n) is 2.97. The van der Waals surface area contributed by atoms with Crippen molar-refractivity contribution in [2.75, 3.05) is 11.5 Å². The van der Waals surface area contributed by atoms with E-state index in [0.29, 0.717) is 23.9 Å². The zero-order valence-corrected chi connectivity index (χ0v) is 17.3. The molecule has 0 radical (unpaired) electrons. The van der Waals surface area contributed by atoms with Crippen LogP contribution in [0.5, 0.6) is 0 Å². The quantitative estimate of drug-likeness (QED) is 0.457. The highest BCUT2D eigenvalue weighted by Gasteiger charge is 2.22. The van der Waals surface area contributed by atoms with Crippen LogP contribution in [0.15, 0.2) is 45.1 Å². The minimum Gasteiger partial charge on any atom is -0.384 e. The van der Waals surface area contributed by atoms with Gasteiger partial charge in [0.05, 0.1) is 5.75 Å². The summed E-state index contributed by atoms with van der Waals surface area (Å²) in [6.45, 7) is 2.21. The largest absolute Gasteiger partial charge is 0.384 e. The molecule has 0 saturated carbocycles. The van der Waals surface area contributed by atoms with Gasteiger partial charge in [-0.1, -0.05) is 49.0 Å². The molecule has 0 fully saturated rings. The van der Waals surface area contributed by atoms with Crippen molar-refractivity contribution in [1.29, 1.82) is 0 Å². The smallest absolute Gasteiger partial charge is 0.332 e. The Morgan fingerprint density at radius 1 is 1.10 bits per heavy atom. The molecular weight excluding hydrogens is 392 g/mol. The maximum atomic E-state index is 12.8. The van der Waals surface area contributed by atoms with Crippen molar-refractivity contribution in [3.63, 3.8) is 0 Å². The van der Waals surface area contributed by atoms with Gasteiger partial charge in [0, 0.05) is 26.2 Å². The van der Waals surface area contributed by atoms with Crippen LogP contribution in [-0.4, -0.2) is 35.4 Å². The summed E-state index contributed by atoms with van der Waals surface area (Å²) in [7, 11) is 3.15. The van der Waals surface area contributed by atoms with E-state index >= 15 is 0 Å². The number of anilines is 1. The van der Waals surface area contributed by atoms with Crippen molar-refractivity contribution in [2.24, 2.45) is 14.1 Å². The summed E-state index contributed by atoms with van der Waals surface area (Å²) in [5.41, 5.74) is 5.53. The van der Waals surface area contributed by atoms with Crippen LogP contribution in [0.3, 0.4) is 0 Å². The summed E-state index contributed by atoms with van der Waals surface area (Å²) >= 11 is 1.16. The molecule has 0 aliphatic rings. The van der Waals surface area contributed by atoms with Gasteiger partial charge in [0.25, 0.3) is 5.56 Å². The standard InChI is InChI=1S/C19H22N6O3S/c1-4-10-25-15(20)14(17(27)24(3)19(25)28)13(26)11-29-18-22-21-16(23(18)2)12-8-6-5-7-9-12/h5-9H,4,10-11,20H2,1-3H3. The topological polar surface area (TPSA) is 118 Å². The fourth-order valence-corrected chi connectivity index (χ4v) is 3.75. The van der Waals surface area contributed by atoms with Crippen LogP contribution in [0.2, 0.25) is 0 Å². The number of ketones is 1. The highest BCUT2D eigenvalue weighted by atomic mass is 32.2. The minimum absolute atomic E-state index is 0.0511. The molecule has 10 heteroatoms. The van der Waals surface area contributed by atoms with Gasteiger partial charge in [0.15, 0.2) is 16.8 Å². The number of carbonyl (C=O) groups excluding carboxylic acids is 1. The molecule has 2 heterocycles. The first-order valence-electron chi connectivity index (χ1n) is 9.06. The predicted octanol–water partition coefficient (Wildman–Crippen LogP) is 1.31. The SMILES string of the molecule is CCCn1c(N)c(C(=O)CSc2nnc(-c3ccccc3)n2C)c(=O)n(C)c1=O. The molecule has 0 amide bonds. The average Bonchev–Trinajstić information content (AvgIpc) is 3.09. The Morgan fingerprint density at radius 3 is 2.45 bits per heavy atom. The van der Waals surface area contributed by atoms with E-state index in [0.717, 1.165) is 21.9 Å². The third kappa shape index (κ3) is 3.88. The lowest BCUT2D eigenvalue weighted by Crippen LogP contribution is -2.42. The van der Waals surface area contributed by atoms with Crippen LogP contribution in [0.1, 0.15) is 23.7 Å².